The van der Waals surface area contributed by atoms with Crippen LogP contribution < -0.4 is 0 Å². The topological polar surface area (TPSA) is 15.6 Å². The van der Waals surface area contributed by atoms with E-state index in [4.69, 9.17) is 5.10 Å². The Morgan fingerprint density at radius 3 is 1.88 bits per heavy atom. The molecule has 0 aromatic heterocycles. The number of nitrogens with zero attached hydrogens (tertiary/aromatic N) is 2. The predicted molar refractivity (Wildman–Crippen MR) is 69.8 cm³/mol. The first kappa shape index (κ1) is 11.9. The van der Waals surface area contributed by atoms with Gasteiger partial charge in [0.1, 0.15) is 0 Å². The van der Waals surface area contributed by atoms with Gasteiger partial charge in [-0.1, -0.05) is 0 Å². The van der Waals surface area contributed by atoms with Gasteiger partial charge in [0, 0.05) is 5.71 Å². The van der Waals surface area contributed by atoms with Gasteiger partial charge >= 0.3 is 0 Å². The summed E-state index contributed by atoms with van der Waals surface area (Å²) < 4.78 is 0. The molecule has 0 atom stereocenters. The van der Waals surface area contributed by atoms with Gasteiger partial charge in [-0.2, -0.15) is 5.10 Å². The van der Waals surface area contributed by atoms with E-state index in [2.05, 4.69) is 32.7 Å². The second-order valence-electron chi connectivity index (χ2n) is 6.66. The largest absolute Gasteiger partial charge is 0.286 e. The lowest BCUT2D eigenvalue weighted by molar-refractivity contribution is -0.0249. The fourth-order valence-electron chi connectivity index (χ4n) is 3.28. The Labute approximate surface area is 100 Å². The SMILES string of the molecule is CC1(C)CCCC(C)(C)N1N=C1CCCC1. The lowest BCUT2D eigenvalue weighted by Gasteiger charge is -2.51. The third kappa shape index (κ3) is 2.26. The Morgan fingerprint density at radius 2 is 1.38 bits per heavy atom. The van der Waals surface area contributed by atoms with E-state index in [1.807, 2.05) is 0 Å². The Morgan fingerprint density at radius 1 is 0.875 bits per heavy atom. The zero-order chi connectivity index (χ0) is 11.8. The number of rotatable bonds is 1. The molecule has 16 heavy (non-hydrogen) atoms. The van der Waals surface area contributed by atoms with Crippen LogP contribution >= 0.6 is 0 Å². The summed E-state index contributed by atoms with van der Waals surface area (Å²) >= 11 is 0. The van der Waals surface area contributed by atoms with Crippen LogP contribution in [0.5, 0.6) is 0 Å². The maximum Gasteiger partial charge on any atom is 0.0529 e. The summed E-state index contributed by atoms with van der Waals surface area (Å²) in [6.07, 6.45) is 9.01. The molecule has 0 amide bonds. The number of hydrogen-bond acceptors (Lipinski definition) is 2. The first-order valence-electron chi connectivity index (χ1n) is 6.79. The molecule has 2 nitrogen and oxygen atoms in total. The second kappa shape index (κ2) is 4.05. The molecule has 0 spiro atoms. The molecule has 0 bridgehead atoms. The normalized spacial score (nSPS) is 28.2. The zero-order valence-electron chi connectivity index (χ0n) is 11.3. The molecule has 1 heterocycles. The fourth-order valence-corrected chi connectivity index (χ4v) is 3.28. The van der Waals surface area contributed by atoms with Crippen molar-refractivity contribution in [3.05, 3.63) is 0 Å². The van der Waals surface area contributed by atoms with Crippen LogP contribution in [0.3, 0.4) is 0 Å². The summed E-state index contributed by atoms with van der Waals surface area (Å²) in [6.45, 7) is 9.36. The molecule has 2 aliphatic rings. The predicted octanol–water partition coefficient (Wildman–Crippen LogP) is 3.96. The van der Waals surface area contributed by atoms with Crippen molar-refractivity contribution >= 4 is 5.71 Å². The van der Waals surface area contributed by atoms with Crippen LogP contribution in [0.1, 0.15) is 72.6 Å². The zero-order valence-corrected chi connectivity index (χ0v) is 11.3. The van der Waals surface area contributed by atoms with Gasteiger partial charge < -0.3 is 0 Å². The van der Waals surface area contributed by atoms with E-state index in [-0.39, 0.29) is 11.1 Å². The average molecular weight is 222 g/mol. The minimum atomic E-state index is 0.233. The van der Waals surface area contributed by atoms with Crippen molar-refractivity contribution in [3.8, 4) is 0 Å². The van der Waals surface area contributed by atoms with Crippen LogP contribution in [0.25, 0.3) is 0 Å². The smallest absolute Gasteiger partial charge is 0.0529 e. The highest BCUT2D eigenvalue weighted by Crippen LogP contribution is 2.39. The summed E-state index contributed by atoms with van der Waals surface area (Å²) in [5.74, 6) is 0. The summed E-state index contributed by atoms with van der Waals surface area (Å²) in [5.41, 5.74) is 1.90. The van der Waals surface area contributed by atoms with Gasteiger partial charge in [0.2, 0.25) is 0 Å². The average Bonchev–Trinajstić information content (AvgIpc) is 2.63. The van der Waals surface area contributed by atoms with E-state index in [1.54, 1.807) is 0 Å². The molecule has 0 aromatic rings. The maximum absolute atomic E-state index is 4.99. The van der Waals surface area contributed by atoms with Crippen molar-refractivity contribution in [1.82, 2.24) is 5.01 Å². The Kier molecular flexibility index (Phi) is 3.02. The Bertz CT molecular complexity index is 265. The van der Waals surface area contributed by atoms with Crippen LogP contribution in [-0.4, -0.2) is 21.8 Å². The monoisotopic (exact) mass is 222 g/mol. The van der Waals surface area contributed by atoms with Crippen LogP contribution in [0.4, 0.5) is 0 Å². The maximum atomic E-state index is 4.99. The molecule has 0 radical (unpaired) electrons. The molecule has 1 saturated carbocycles. The van der Waals surface area contributed by atoms with Crippen LogP contribution in [0.2, 0.25) is 0 Å². The van der Waals surface area contributed by atoms with E-state index in [1.165, 1.54) is 50.7 Å². The van der Waals surface area contributed by atoms with Crippen LogP contribution in [0, 0.1) is 0 Å². The summed E-state index contributed by atoms with van der Waals surface area (Å²) in [6, 6.07) is 0. The first-order valence-corrected chi connectivity index (χ1v) is 6.79. The molecule has 0 unspecified atom stereocenters. The van der Waals surface area contributed by atoms with Gasteiger partial charge in [0.15, 0.2) is 0 Å². The quantitative estimate of drug-likeness (QED) is 0.655. The van der Waals surface area contributed by atoms with Crippen molar-refractivity contribution < 1.29 is 0 Å². The minimum Gasteiger partial charge on any atom is -0.286 e. The highest BCUT2D eigenvalue weighted by atomic mass is 15.5. The van der Waals surface area contributed by atoms with Gasteiger partial charge in [-0.25, -0.2) is 0 Å². The highest BCUT2D eigenvalue weighted by molar-refractivity contribution is 5.85. The molecule has 0 aromatic carbocycles. The molecule has 92 valence electrons. The van der Waals surface area contributed by atoms with Crippen molar-refractivity contribution in [2.45, 2.75) is 83.7 Å². The number of hydrogen-bond donors (Lipinski definition) is 0. The summed E-state index contributed by atoms with van der Waals surface area (Å²) in [7, 11) is 0. The molecular formula is C14H26N2. The van der Waals surface area contributed by atoms with Crippen molar-refractivity contribution in [3.63, 3.8) is 0 Å². The molecule has 0 N–H and O–H groups in total. The Hall–Kier alpha value is -0.530. The van der Waals surface area contributed by atoms with Gasteiger partial charge in [-0.15, -0.1) is 0 Å². The third-order valence-corrected chi connectivity index (χ3v) is 4.15. The van der Waals surface area contributed by atoms with Gasteiger partial charge in [-0.05, 0) is 72.6 Å². The van der Waals surface area contributed by atoms with E-state index >= 15 is 0 Å². The van der Waals surface area contributed by atoms with E-state index in [0.717, 1.165) is 0 Å². The molecule has 2 heteroatoms. The Balaban J connectivity index is 2.22. The standard InChI is InChI=1S/C14H26N2/c1-13(2)10-7-11-14(3,4)16(13)15-12-8-5-6-9-12/h5-11H2,1-4H3. The lowest BCUT2D eigenvalue weighted by atomic mass is 9.82. The van der Waals surface area contributed by atoms with E-state index < -0.39 is 0 Å². The van der Waals surface area contributed by atoms with Gasteiger partial charge in [0.05, 0.1) is 11.1 Å². The third-order valence-electron chi connectivity index (χ3n) is 4.15. The molecule has 1 aliphatic carbocycles. The summed E-state index contributed by atoms with van der Waals surface area (Å²) in [4.78, 5) is 0. The highest BCUT2D eigenvalue weighted by Gasteiger charge is 2.40. The van der Waals surface area contributed by atoms with Crippen molar-refractivity contribution in [2.75, 3.05) is 0 Å². The molecule has 2 fully saturated rings. The lowest BCUT2D eigenvalue weighted by Crippen LogP contribution is -2.55. The van der Waals surface area contributed by atoms with Gasteiger partial charge in [-0.3, -0.25) is 5.01 Å². The molecular weight excluding hydrogens is 196 g/mol. The fraction of sp³-hybridized carbons (Fsp3) is 0.929. The van der Waals surface area contributed by atoms with Gasteiger partial charge in [0.25, 0.3) is 0 Å². The second-order valence-corrected chi connectivity index (χ2v) is 6.66. The number of hydrazone groups is 1. The van der Waals surface area contributed by atoms with Crippen LogP contribution in [0.15, 0.2) is 5.10 Å². The molecule has 1 aliphatic heterocycles. The minimum absolute atomic E-state index is 0.233. The van der Waals surface area contributed by atoms with E-state index in [9.17, 15) is 0 Å². The van der Waals surface area contributed by atoms with E-state index in [0.29, 0.717) is 0 Å². The van der Waals surface area contributed by atoms with Crippen LogP contribution in [-0.2, 0) is 0 Å². The summed E-state index contributed by atoms with van der Waals surface area (Å²) in [5, 5.41) is 7.40. The number of piperidine rings is 1. The van der Waals surface area contributed by atoms with Crippen molar-refractivity contribution in [2.24, 2.45) is 5.10 Å². The molecule has 1 saturated heterocycles. The first-order chi connectivity index (χ1) is 7.42. The molecule has 2 rings (SSSR count). The van der Waals surface area contributed by atoms with Crippen molar-refractivity contribution in [1.29, 1.82) is 0 Å².